The number of hydrogen-bond donors (Lipinski definition) is 1. The molecule has 0 spiro atoms. The molecule has 1 saturated heterocycles. The van der Waals surface area contributed by atoms with Crippen molar-refractivity contribution in [2.24, 2.45) is 5.92 Å². The van der Waals surface area contributed by atoms with Crippen LogP contribution in [-0.4, -0.2) is 34.6 Å². The standard InChI is InChI=1S/C12H23NO2/c1-4-7-12(15)8-13(9-12)11(14)10(5-2)6-3/h10,15H,4-9H2,1-3H3. The Balaban J connectivity index is 2.40. The van der Waals surface area contributed by atoms with Crippen LogP contribution in [0.1, 0.15) is 46.5 Å². The molecule has 1 rings (SSSR count). The normalized spacial score (nSPS) is 19.1. The highest BCUT2D eigenvalue weighted by Crippen LogP contribution is 2.28. The maximum Gasteiger partial charge on any atom is 0.225 e. The summed E-state index contributed by atoms with van der Waals surface area (Å²) >= 11 is 0. The Morgan fingerprint density at radius 1 is 1.33 bits per heavy atom. The van der Waals surface area contributed by atoms with Crippen molar-refractivity contribution >= 4 is 5.91 Å². The van der Waals surface area contributed by atoms with Gasteiger partial charge in [-0.05, 0) is 19.3 Å². The van der Waals surface area contributed by atoms with Crippen molar-refractivity contribution in [2.75, 3.05) is 13.1 Å². The zero-order valence-corrected chi connectivity index (χ0v) is 10.1. The highest BCUT2D eigenvalue weighted by atomic mass is 16.3. The first-order valence-electron chi connectivity index (χ1n) is 6.07. The highest BCUT2D eigenvalue weighted by molar-refractivity contribution is 5.79. The van der Waals surface area contributed by atoms with Crippen LogP contribution in [0.3, 0.4) is 0 Å². The van der Waals surface area contributed by atoms with Gasteiger partial charge in [0.25, 0.3) is 0 Å². The summed E-state index contributed by atoms with van der Waals surface area (Å²) in [4.78, 5) is 13.7. The van der Waals surface area contributed by atoms with Crippen LogP contribution in [0.2, 0.25) is 0 Å². The van der Waals surface area contributed by atoms with Crippen LogP contribution in [0.15, 0.2) is 0 Å². The molecule has 1 aliphatic heterocycles. The molecule has 1 amide bonds. The van der Waals surface area contributed by atoms with Gasteiger partial charge in [0.15, 0.2) is 0 Å². The van der Waals surface area contributed by atoms with E-state index in [4.69, 9.17) is 0 Å². The minimum atomic E-state index is -0.587. The zero-order chi connectivity index (χ0) is 11.5. The molecular weight excluding hydrogens is 190 g/mol. The fourth-order valence-corrected chi connectivity index (χ4v) is 2.34. The number of amides is 1. The van der Waals surface area contributed by atoms with Gasteiger partial charge in [-0.25, -0.2) is 0 Å². The third-order valence-electron chi connectivity index (χ3n) is 3.33. The van der Waals surface area contributed by atoms with E-state index < -0.39 is 5.60 Å². The Hall–Kier alpha value is -0.570. The summed E-state index contributed by atoms with van der Waals surface area (Å²) in [6.07, 6.45) is 3.58. The van der Waals surface area contributed by atoms with Gasteiger partial charge in [0, 0.05) is 5.92 Å². The van der Waals surface area contributed by atoms with E-state index in [-0.39, 0.29) is 11.8 Å². The number of likely N-dealkylation sites (tertiary alicyclic amines) is 1. The van der Waals surface area contributed by atoms with Crippen LogP contribution in [0.4, 0.5) is 0 Å². The lowest BCUT2D eigenvalue weighted by atomic mass is 9.87. The third-order valence-corrected chi connectivity index (χ3v) is 3.33. The summed E-state index contributed by atoms with van der Waals surface area (Å²) in [6.45, 7) is 7.23. The fraction of sp³-hybridized carbons (Fsp3) is 0.917. The number of hydrogen-bond acceptors (Lipinski definition) is 2. The summed E-state index contributed by atoms with van der Waals surface area (Å²) < 4.78 is 0. The number of aliphatic hydroxyl groups is 1. The van der Waals surface area contributed by atoms with E-state index in [0.717, 1.165) is 25.7 Å². The number of rotatable bonds is 5. The molecule has 1 N–H and O–H groups in total. The van der Waals surface area contributed by atoms with Crippen molar-refractivity contribution < 1.29 is 9.90 Å². The number of carbonyl (C=O) groups excluding carboxylic acids is 1. The molecule has 0 unspecified atom stereocenters. The fourth-order valence-electron chi connectivity index (χ4n) is 2.34. The van der Waals surface area contributed by atoms with Gasteiger partial charge in [-0.2, -0.15) is 0 Å². The lowest BCUT2D eigenvalue weighted by molar-refractivity contribution is -0.160. The van der Waals surface area contributed by atoms with Crippen molar-refractivity contribution in [3.8, 4) is 0 Å². The molecule has 0 bridgehead atoms. The SMILES string of the molecule is CCCC1(O)CN(C(=O)C(CC)CC)C1. The average Bonchev–Trinajstić information content (AvgIpc) is 2.16. The Kier molecular flexibility index (Phi) is 4.14. The second-order valence-corrected chi connectivity index (χ2v) is 4.68. The first-order valence-corrected chi connectivity index (χ1v) is 6.07. The van der Waals surface area contributed by atoms with Gasteiger partial charge >= 0.3 is 0 Å². The van der Waals surface area contributed by atoms with Gasteiger partial charge in [0.2, 0.25) is 5.91 Å². The van der Waals surface area contributed by atoms with E-state index in [1.807, 2.05) is 13.8 Å². The molecule has 0 saturated carbocycles. The van der Waals surface area contributed by atoms with Crippen LogP contribution >= 0.6 is 0 Å². The molecule has 15 heavy (non-hydrogen) atoms. The summed E-state index contributed by atoms with van der Waals surface area (Å²) in [7, 11) is 0. The zero-order valence-electron chi connectivity index (χ0n) is 10.1. The van der Waals surface area contributed by atoms with Crippen LogP contribution in [0.25, 0.3) is 0 Å². The maximum absolute atomic E-state index is 11.9. The predicted molar refractivity (Wildman–Crippen MR) is 60.5 cm³/mol. The molecule has 1 heterocycles. The quantitative estimate of drug-likeness (QED) is 0.756. The monoisotopic (exact) mass is 213 g/mol. The van der Waals surface area contributed by atoms with Crippen LogP contribution < -0.4 is 0 Å². The molecule has 0 aliphatic carbocycles. The maximum atomic E-state index is 11.9. The lowest BCUT2D eigenvalue weighted by Crippen LogP contribution is -2.64. The Labute approximate surface area is 92.5 Å². The van der Waals surface area contributed by atoms with E-state index in [0.29, 0.717) is 13.1 Å². The molecular formula is C12H23NO2. The molecule has 0 aromatic heterocycles. The van der Waals surface area contributed by atoms with Gasteiger partial charge in [-0.3, -0.25) is 4.79 Å². The largest absolute Gasteiger partial charge is 0.386 e. The van der Waals surface area contributed by atoms with Crippen molar-refractivity contribution in [3.63, 3.8) is 0 Å². The smallest absolute Gasteiger partial charge is 0.225 e. The minimum Gasteiger partial charge on any atom is -0.386 e. The van der Waals surface area contributed by atoms with Gasteiger partial charge in [-0.1, -0.05) is 27.2 Å². The summed E-state index contributed by atoms with van der Waals surface area (Å²) in [5, 5.41) is 9.96. The van der Waals surface area contributed by atoms with Gasteiger partial charge in [0.1, 0.15) is 0 Å². The molecule has 88 valence electrons. The second-order valence-electron chi connectivity index (χ2n) is 4.68. The molecule has 1 fully saturated rings. The van der Waals surface area contributed by atoms with Crippen molar-refractivity contribution in [3.05, 3.63) is 0 Å². The number of nitrogens with zero attached hydrogens (tertiary/aromatic N) is 1. The van der Waals surface area contributed by atoms with Crippen LogP contribution in [-0.2, 0) is 4.79 Å². The molecule has 0 aromatic carbocycles. The first-order chi connectivity index (χ1) is 7.06. The number of carbonyl (C=O) groups is 1. The van der Waals surface area contributed by atoms with Gasteiger partial charge in [0.05, 0.1) is 18.7 Å². The number of β-amino-alcohol motifs (C(OH)–C–C–N with tert-alkyl or cyclic N) is 1. The minimum absolute atomic E-state index is 0.149. The summed E-state index contributed by atoms with van der Waals surface area (Å²) in [5.41, 5.74) is -0.587. The van der Waals surface area contributed by atoms with Crippen molar-refractivity contribution in [1.82, 2.24) is 4.90 Å². The van der Waals surface area contributed by atoms with Gasteiger partial charge in [-0.15, -0.1) is 0 Å². The molecule has 0 radical (unpaired) electrons. The topological polar surface area (TPSA) is 40.5 Å². The van der Waals surface area contributed by atoms with Crippen LogP contribution in [0, 0.1) is 5.92 Å². The second kappa shape index (κ2) is 4.97. The summed E-state index contributed by atoms with van der Waals surface area (Å²) in [6, 6.07) is 0. The Morgan fingerprint density at radius 3 is 2.27 bits per heavy atom. The first kappa shape index (κ1) is 12.5. The van der Waals surface area contributed by atoms with Crippen molar-refractivity contribution in [2.45, 2.75) is 52.1 Å². The Morgan fingerprint density at radius 2 is 1.87 bits per heavy atom. The van der Waals surface area contributed by atoms with Gasteiger partial charge < -0.3 is 10.0 Å². The summed E-state index contributed by atoms with van der Waals surface area (Å²) in [5.74, 6) is 0.372. The van der Waals surface area contributed by atoms with E-state index in [2.05, 4.69) is 6.92 Å². The highest BCUT2D eigenvalue weighted by Gasteiger charge is 2.43. The Bertz CT molecular complexity index is 218. The van der Waals surface area contributed by atoms with E-state index in [9.17, 15) is 9.90 Å². The van der Waals surface area contributed by atoms with E-state index >= 15 is 0 Å². The molecule has 3 heteroatoms. The molecule has 1 aliphatic rings. The molecule has 3 nitrogen and oxygen atoms in total. The molecule has 0 aromatic rings. The van der Waals surface area contributed by atoms with E-state index in [1.54, 1.807) is 4.90 Å². The van der Waals surface area contributed by atoms with Crippen molar-refractivity contribution in [1.29, 1.82) is 0 Å². The van der Waals surface area contributed by atoms with Crippen LogP contribution in [0.5, 0.6) is 0 Å². The lowest BCUT2D eigenvalue weighted by Gasteiger charge is -2.47. The average molecular weight is 213 g/mol. The van der Waals surface area contributed by atoms with E-state index in [1.165, 1.54) is 0 Å². The third kappa shape index (κ3) is 2.71. The predicted octanol–water partition coefficient (Wildman–Crippen LogP) is 1.80. The molecule has 0 atom stereocenters.